The molecule has 18 heavy (non-hydrogen) atoms. The maximum Gasteiger partial charge on any atom is 0.251 e. The maximum atomic E-state index is 12.0. The van der Waals surface area contributed by atoms with Crippen LogP contribution in [0.4, 0.5) is 0 Å². The summed E-state index contributed by atoms with van der Waals surface area (Å²) in [7, 11) is 1.59. The lowest BCUT2D eigenvalue weighted by Crippen LogP contribution is -2.47. The second kappa shape index (κ2) is 5.99. The van der Waals surface area contributed by atoms with E-state index in [-0.39, 0.29) is 12.0 Å². The zero-order chi connectivity index (χ0) is 13.1. The highest BCUT2D eigenvalue weighted by molar-refractivity contribution is 5.80. The van der Waals surface area contributed by atoms with E-state index in [2.05, 4.69) is 4.90 Å². The molecule has 0 radical (unpaired) electrons. The van der Waals surface area contributed by atoms with Gasteiger partial charge in [0.25, 0.3) is 5.91 Å². The lowest BCUT2D eigenvalue weighted by molar-refractivity contribution is -0.140. The summed E-state index contributed by atoms with van der Waals surface area (Å²) in [6, 6.07) is 0.888. The summed E-state index contributed by atoms with van der Waals surface area (Å²) in [6.45, 7) is 5.68. The zero-order valence-electron chi connectivity index (χ0n) is 11.5. The molecule has 5 nitrogen and oxygen atoms in total. The molecule has 2 unspecified atom stereocenters. The summed E-state index contributed by atoms with van der Waals surface area (Å²) in [5.74, 6) is 0.119. The van der Waals surface area contributed by atoms with Gasteiger partial charge in [0.05, 0.1) is 0 Å². The van der Waals surface area contributed by atoms with E-state index in [9.17, 15) is 4.79 Å². The van der Waals surface area contributed by atoms with Crippen molar-refractivity contribution in [2.24, 2.45) is 5.73 Å². The first-order valence-electron chi connectivity index (χ1n) is 6.93. The SMILES string of the molecule is COC(C)C(=O)N1CCC(N2CCC(N)CC2)C1. The highest BCUT2D eigenvalue weighted by Gasteiger charge is 2.33. The summed E-state index contributed by atoms with van der Waals surface area (Å²) in [6.07, 6.45) is 2.92. The molecule has 2 atom stereocenters. The molecule has 1 amide bonds. The van der Waals surface area contributed by atoms with Crippen molar-refractivity contribution in [3.63, 3.8) is 0 Å². The molecule has 0 aromatic rings. The third-order valence-electron chi connectivity index (χ3n) is 4.27. The molecule has 104 valence electrons. The molecule has 2 fully saturated rings. The first kappa shape index (κ1) is 13.8. The van der Waals surface area contributed by atoms with Gasteiger partial charge in [0, 0.05) is 32.3 Å². The van der Waals surface area contributed by atoms with E-state index < -0.39 is 0 Å². The molecular formula is C13H25N3O2. The number of amides is 1. The van der Waals surface area contributed by atoms with Gasteiger partial charge in [0.1, 0.15) is 6.10 Å². The monoisotopic (exact) mass is 255 g/mol. The Kier molecular flexibility index (Phi) is 4.59. The Bertz CT molecular complexity index is 290. The largest absolute Gasteiger partial charge is 0.372 e. The van der Waals surface area contributed by atoms with Crippen LogP contribution in [0.5, 0.6) is 0 Å². The molecule has 2 aliphatic rings. The van der Waals surface area contributed by atoms with Crippen LogP contribution >= 0.6 is 0 Å². The van der Waals surface area contributed by atoms with Crippen molar-refractivity contribution >= 4 is 5.91 Å². The summed E-state index contributed by atoms with van der Waals surface area (Å²) in [5, 5.41) is 0. The van der Waals surface area contributed by atoms with Crippen LogP contribution in [0.25, 0.3) is 0 Å². The number of nitrogens with two attached hydrogens (primary N) is 1. The molecule has 0 aromatic heterocycles. The van der Waals surface area contributed by atoms with E-state index >= 15 is 0 Å². The molecule has 2 heterocycles. The number of methoxy groups -OCH3 is 1. The molecular weight excluding hydrogens is 230 g/mol. The standard InChI is InChI=1S/C13H25N3O2/c1-10(18-2)13(17)16-8-5-12(9-16)15-6-3-11(14)4-7-15/h10-12H,3-9,14H2,1-2H3. The van der Waals surface area contributed by atoms with Gasteiger partial charge in [-0.05, 0) is 39.3 Å². The van der Waals surface area contributed by atoms with Crippen LogP contribution in [0.1, 0.15) is 26.2 Å². The van der Waals surface area contributed by atoms with Crippen LogP contribution in [0.2, 0.25) is 0 Å². The lowest BCUT2D eigenvalue weighted by atomic mass is 10.0. The fourth-order valence-electron chi connectivity index (χ4n) is 2.88. The lowest BCUT2D eigenvalue weighted by Gasteiger charge is -2.34. The van der Waals surface area contributed by atoms with Crippen molar-refractivity contribution in [1.82, 2.24) is 9.80 Å². The van der Waals surface area contributed by atoms with Gasteiger partial charge in [-0.25, -0.2) is 0 Å². The highest BCUT2D eigenvalue weighted by Crippen LogP contribution is 2.20. The molecule has 0 aliphatic carbocycles. The first-order valence-corrected chi connectivity index (χ1v) is 6.93. The number of hydrogen-bond donors (Lipinski definition) is 1. The minimum absolute atomic E-state index is 0.119. The van der Waals surface area contributed by atoms with E-state index in [1.165, 1.54) is 0 Å². The Morgan fingerprint density at radius 3 is 2.56 bits per heavy atom. The molecule has 5 heteroatoms. The second-order valence-corrected chi connectivity index (χ2v) is 5.48. The summed E-state index contributed by atoms with van der Waals surface area (Å²) in [5.41, 5.74) is 5.92. The van der Waals surface area contributed by atoms with Gasteiger partial charge >= 0.3 is 0 Å². The third-order valence-corrected chi connectivity index (χ3v) is 4.27. The molecule has 2 saturated heterocycles. The maximum absolute atomic E-state index is 12.0. The number of piperidine rings is 1. The smallest absolute Gasteiger partial charge is 0.251 e. The molecule has 2 rings (SSSR count). The van der Waals surface area contributed by atoms with Crippen LogP contribution in [-0.2, 0) is 9.53 Å². The summed E-state index contributed by atoms with van der Waals surface area (Å²) >= 11 is 0. The fraction of sp³-hybridized carbons (Fsp3) is 0.923. The summed E-state index contributed by atoms with van der Waals surface area (Å²) < 4.78 is 5.10. The Morgan fingerprint density at radius 1 is 1.28 bits per heavy atom. The predicted octanol–water partition coefficient (Wildman–Crippen LogP) is 0.0453. The molecule has 0 saturated carbocycles. The second-order valence-electron chi connectivity index (χ2n) is 5.48. The Labute approximate surface area is 109 Å². The van der Waals surface area contributed by atoms with Crippen molar-refractivity contribution in [1.29, 1.82) is 0 Å². The number of ether oxygens (including phenoxy) is 1. The normalized spacial score (nSPS) is 28.6. The van der Waals surface area contributed by atoms with Gasteiger partial charge in [0.15, 0.2) is 0 Å². The van der Waals surface area contributed by atoms with Gasteiger partial charge in [-0.3, -0.25) is 9.69 Å². The Hall–Kier alpha value is -0.650. The topological polar surface area (TPSA) is 58.8 Å². The average Bonchev–Trinajstić information content (AvgIpc) is 2.87. The van der Waals surface area contributed by atoms with Crippen molar-refractivity contribution in [2.75, 3.05) is 33.3 Å². The predicted molar refractivity (Wildman–Crippen MR) is 70.2 cm³/mol. The van der Waals surface area contributed by atoms with Crippen LogP contribution in [0.15, 0.2) is 0 Å². The van der Waals surface area contributed by atoms with Gasteiger partial charge in [-0.2, -0.15) is 0 Å². The van der Waals surface area contributed by atoms with Crippen molar-refractivity contribution in [2.45, 2.75) is 44.4 Å². The van der Waals surface area contributed by atoms with Crippen LogP contribution < -0.4 is 5.73 Å². The average molecular weight is 255 g/mol. The van der Waals surface area contributed by atoms with E-state index in [0.29, 0.717) is 12.1 Å². The fourth-order valence-corrected chi connectivity index (χ4v) is 2.88. The van der Waals surface area contributed by atoms with Crippen molar-refractivity contribution < 1.29 is 9.53 Å². The molecule has 0 spiro atoms. The van der Waals surface area contributed by atoms with Crippen LogP contribution in [-0.4, -0.2) is 67.2 Å². The van der Waals surface area contributed by atoms with Crippen molar-refractivity contribution in [3.8, 4) is 0 Å². The van der Waals surface area contributed by atoms with Gasteiger partial charge < -0.3 is 15.4 Å². The minimum Gasteiger partial charge on any atom is -0.372 e. The van der Waals surface area contributed by atoms with E-state index in [0.717, 1.165) is 45.4 Å². The third kappa shape index (κ3) is 3.02. The highest BCUT2D eigenvalue weighted by atomic mass is 16.5. The van der Waals surface area contributed by atoms with Gasteiger partial charge in [-0.15, -0.1) is 0 Å². The van der Waals surface area contributed by atoms with E-state index in [4.69, 9.17) is 10.5 Å². The van der Waals surface area contributed by atoms with Gasteiger partial charge in [0.2, 0.25) is 0 Å². The zero-order valence-corrected chi connectivity index (χ0v) is 11.5. The number of rotatable bonds is 3. The van der Waals surface area contributed by atoms with Crippen LogP contribution in [0, 0.1) is 0 Å². The Morgan fingerprint density at radius 2 is 1.94 bits per heavy atom. The van der Waals surface area contributed by atoms with E-state index in [1.807, 2.05) is 11.8 Å². The number of carbonyl (C=O) groups excluding carboxylic acids is 1. The minimum atomic E-state index is -0.321. The number of likely N-dealkylation sites (tertiary alicyclic amines) is 2. The van der Waals surface area contributed by atoms with E-state index in [1.54, 1.807) is 7.11 Å². The molecule has 2 aliphatic heterocycles. The number of carbonyl (C=O) groups is 1. The quantitative estimate of drug-likeness (QED) is 0.774. The molecule has 0 aromatic carbocycles. The number of hydrogen-bond acceptors (Lipinski definition) is 4. The molecule has 2 N–H and O–H groups in total. The van der Waals surface area contributed by atoms with Gasteiger partial charge in [-0.1, -0.05) is 0 Å². The summed E-state index contributed by atoms with van der Waals surface area (Å²) in [4.78, 5) is 16.5. The van der Waals surface area contributed by atoms with Crippen molar-refractivity contribution in [3.05, 3.63) is 0 Å². The Balaban J connectivity index is 1.83. The number of nitrogens with zero attached hydrogens (tertiary/aromatic N) is 2. The van der Waals surface area contributed by atoms with Crippen LogP contribution in [0.3, 0.4) is 0 Å². The molecule has 0 bridgehead atoms. The first-order chi connectivity index (χ1) is 8.61.